The fraction of sp³-hybridized carbons (Fsp3) is 0.222. The van der Waals surface area contributed by atoms with Crippen LogP contribution in [-0.4, -0.2) is 7.05 Å². The van der Waals surface area contributed by atoms with Gasteiger partial charge in [-0.3, -0.25) is 0 Å². The van der Waals surface area contributed by atoms with Crippen molar-refractivity contribution in [1.29, 1.82) is 0 Å². The highest BCUT2D eigenvalue weighted by Crippen LogP contribution is 2.28. The Morgan fingerprint density at radius 2 is 1.80 bits per heavy atom. The summed E-state index contributed by atoms with van der Waals surface area (Å²) in [6.45, 7) is 2.19. The molecule has 2 heteroatoms. The van der Waals surface area contributed by atoms with E-state index in [9.17, 15) is 0 Å². The normalized spacial score (nSPS) is 12.7. The van der Waals surface area contributed by atoms with E-state index in [1.165, 1.54) is 5.56 Å². The number of nitrogens with one attached hydrogen (secondary N) is 1. The summed E-state index contributed by atoms with van der Waals surface area (Å²) < 4.78 is 5.89. The molecule has 0 amide bonds. The first-order valence-electron chi connectivity index (χ1n) is 7.08. The third-order valence-electron chi connectivity index (χ3n) is 3.78. The van der Waals surface area contributed by atoms with Gasteiger partial charge in [-0.15, -0.1) is 0 Å². The summed E-state index contributed by atoms with van der Waals surface area (Å²) >= 11 is 0. The molecule has 1 N–H and O–H groups in total. The first kappa shape index (κ1) is 12.9. The number of para-hydroxylation sites is 1. The number of hydrogen-bond acceptors (Lipinski definition) is 2. The predicted octanol–water partition coefficient (Wildman–Crippen LogP) is 4.77. The van der Waals surface area contributed by atoms with Gasteiger partial charge in [0.05, 0.1) is 0 Å². The average Bonchev–Trinajstić information content (AvgIpc) is 2.93. The molecule has 0 bridgehead atoms. The molecule has 3 rings (SSSR count). The van der Waals surface area contributed by atoms with E-state index >= 15 is 0 Å². The molecule has 0 aliphatic heterocycles. The van der Waals surface area contributed by atoms with Crippen molar-refractivity contribution in [2.24, 2.45) is 0 Å². The highest BCUT2D eigenvalue weighted by atomic mass is 16.3. The Balaban J connectivity index is 1.94. The summed E-state index contributed by atoms with van der Waals surface area (Å²) in [7, 11) is 2.00. The molecule has 2 nitrogen and oxygen atoms in total. The highest BCUT2D eigenvalue weighted by molar-refractivity contribution is 5.82. The first-order chi connectivity index (χ1) is 9.81. The second kappa shape index (κ2) is 5.51. The van der Waals surface area contributed by atoms with E-state index in [-0.39, 0.29) is 0 Å². The maximum Gasteiger partial charge on any atom is 0.135 e. The Labute approximate surface area is 119 Å². The number of rotatable bonds is 4. The number of fused-ring (bicyclic) bond motifs is 1. The molecule has 1 heterocycles. The number of hydrogen-bond donors (Lipinski definition) is 1. The van der Waals surface area contributed by atoms with Gasteiger partial charge in [-0.2, -0.15) is 0 Å². The molecule has 20 heavy (non-hydrogen) atoms. The molecule has 1 atom stereocenters. The summed E-state index contributed by atoms with van der Waals surface area (Å²) in [4.78, 5) is 0. The fourth-order valence-corrected chi connectivity index (χ4v) is 2.61. The second-order valence-corrected chi connectivity index (χ2v) is 5.02. The molecule has 3 aromatic rings. The first-order valence-corrected chi connectivity index (χ1v) is 7.08. The zero-order chi connectivity index (χ0) is 13.9. The van der Waals surface area contributed by atoms with Gasteiger partial charge in [0, 0.05) is 17.0 Å². The monoisotopic (exact) mass is 265 g/mol. The number of benzene rings is 2. The van der Waals surface area contributed by atoms with Crippen LogP contribution < -0.4 is 5.32 Å². The van der Waals surface area contributed by atoms with E-state index in [1.54, 1.807) is 0 Å². The Kier molecular flexibility index (Phi) is 3.57. The Hall–Kier alpha value is -2.06. The summed E-state index contributed by atoms with van der Waals surface area (Å²) in [5, 5.41) is 4.47. The van der Waals surface area contributed by atoms with Gasteiger partial charge < -0.3 is 9.73 Å². The van der Waals surface area contributed by atoms with Gasteiger partial charge in [-0.05, 0) is 31.2 Å². The van der Waals surface area contributed by atoms with Crippen LogP contribution in [0.1, 0.15) is 24.9 Å². The molecule has 0 saturated heterocycles. The zero-order valence-corrected chi connectivity index (χ0v) is 11.9. The van der Waals surface area contributed by atoms with E-state index in [1.807, 2.05) is 25.2 Å². The summed E-state index contributed by atoms with van der Waals surface area (Å²) in [6.07, 6.45) is 1.08. The van der Waals surface area contributed by atoms with E-state index in [0.717, 1.165) is 28.7 Å². The van der Waals surface area contributed by atoms with Crippen molar-refractivity contribution in [2.45, 2.75) is 19.4 Å². The van der Waals surface area contributed by atoms with E-state index < -0.39 is 0 Å². The Morgan fingerprint density at radius 3 is 2.45 bits per heavy atom. The molecule has 0 aliphatic carbocycles. The van der Waals surface area contributed by atoms with Crippen LogP contribution in [0, 0.1) is 0 Å². The molecule has 0 saturated carbocycles. The lowest BCUT2D eigenvalue weighted by molar-refractivity contribution is 0.577. The maximum absolute atomic E-state index is 5.89. The maximum atomic E-state index is 5.89. The van der Waals surface area contributed by atoms with Crippen LogP contribution in [0.25, 0.3) is 22.3 Å². The van der Waals surface area contributed by atoms with Gasteiger partial charge >= 0.3 is 0 Å². The van der Waals surface area contributed by atoms with Crippen LogP contribution in [0.3, 0.4) is 0 Å². The van der Waals surface area contributed by atoms with Crippen molar-refractivity contribution >= 4 is 11.0 Å². The molecular weight excluding hydrogens is 246 g/mol. The third-order valence-corrected chi connectivity index (χ3v) is 3.78. The highest BCUT2D eigenvalue weighted by Gasteiger charge is 2.08. The van der Waals surface area contributed by atoms with Crippen molar-refractivity contribution in [1.82, 2.24) is 5.32 Å². The molecule has 2 aromatic carbocycles. The Morgan fingerprint density at radius 1 is 1.05 bits per heavy atom. The second-order valence-electron chi connectivity index (χ2n) is 5.02. The minimum atomic E-state index is 0.416. The molecular formula is C18H19NO. The van der Waals surface area contributed by atoms with Crippen LogP contribution in [0.4, 0.5) is 0 Å². The van der Waals surface area contributed by atoms with Crippen molar-refractivity contribution in [3.05, 3.63) is 60.2 Å². The lowest BCUT2D eigenvalue weighted by Gasteiger charge is -2.14. The summed E-state index contributed by atoms with van der Waals surface area (Å²) in [5.74, 6) is 0.926. The minimum absolute atomic E-state index is 0.416. The summed E-state index contributed by atoms with van der Waals surface area (Å²) in [5.41, 5.74) is 3.37. The van der Waals surface area contributed by atoms with E-state index in [2.05, 4.69) is 48.6 Å². The van der Waals surface area contributed by atoms with E-state index in [4.69, 9.17) is 4.42 Å². The molecule has 0 radical (unpaired) electrons. The van der Waals surface area contributed by atoms with Crippen LogP contribution in [0.2, 0.25) is 0 Å². The minimum Gasteiger partial charge on any atom is -0.456 e. The summed E-state index contributed by atoms with van der Waals surface area (Å²) in [6, 6.07) is 19.2. The lowest BCUT2D eigenvalue weighted by atomic mass is 10.0. The van der Waals surface area contributed by atoms with Gasteiger partial charge in [-0.25, -0.2) is 0 Å². The van der Waals surface area contributed by atoms with E-state index in [0.29, 0.717) is 6.04 Å². The standard InChI is InChI=1S/C18H19NO/c1-3-16(19-2)13-8-10-14(11-9-13)18-12-15-6-4-5-7-17(15)20-18/h4-12,16,19H,3H2,1-2H3. The van der Waals surface area contributed by atoms with Crippen LogP contribution in [-0.2, 0) is 0 Å². The van der Waals surface area contributed by atoms with Gasteiger partial charge in [0.1, 0.15) is 11.3 Å². The van der Waals surface area contributed by atoms with Crippen LogP contribution in [0.15, 0.2) is 59.0 Å². The molecule has 0 spiro atoms. The van der Waals surface area contributed by atoms with Crippen molar-refractivity contribution in [2.75, 3.05) is 7.05 Å². The molecule has 1 aromatic heterocycles. The van der Waals surface area contributed by atoms with Gasteiger partial charge in [0.15, 0.2) is 0 Å². The molecule has 0 fully saturated rings. The van der Waals surface area contributed by atoms with Gasteiger partial charge in [0.2, 0.25) is 0 Å². The van der Waals surface area contributed by atoms with Gasteiger partial charge in [-0.1, -0.05) is 49.4 Å². The van der Waals surface area contributed by atoms with Crippen molar-refractivity contribution < 1.29 is 4.42 Å². The lowest BCUT2D eigenvalue weighted by Crippen LogP contribution is -2.14. The molecule has 0 aliphatic rings. The van der Waals surface area contributed by atoms with Gasteiger partial charge in [0.25, 0.3) is 0 Å². The van der Waals surface area contributed by atoms with Crippen molar-refractivity contribution in [3.8, 4) is 11.3 Å². The topological polar surface area (TPSA) is 25.2 Å². The van der Waals surface area contributed by atoms with Crippen LogP contribution >= 0.6 is 0 Å². The SMILES string of the molecule is CCC(NC)c1ccc(-c2cc3ccccc3o2)cc1. The van der Waals surface area contributed by atoms with Crippen LogP contribution in [0.5, 0.6) is 0 Å². The fourth-order valence-electron chi connectivity index (χ4n) is 2.61. The van der Waals surface area contributed by atoms with Crippen molar-refractivity contribution in [3.63, 3.8) is 0 Å². The quantitative estimate of drug-likeness (QED) is 0.735. The number of furan rings is 1. The molecule has 102 valence electrons. The zero-order valence-electron chi connectivity index (χ0n) is 11.9. The third kappa shape index (κ3) is 2.35. The molecule has 1 unspecified atom stereocenters. The average molecular weight is 265 g/mol. The largest absolute Gasteiger partial charge is 0.456 e. The Bertz CT molecular complexity index is 660. The predicted molar refractivity (Wildman–Crippen MR) is 83.7 cm³/mol. The smallest absolute Gasteiger partial charge is 0.135 e.